The van der Waals surface area contributed by atoms with E-state index < -0.39 is 29.8 Å². The molecule has 0 saturated carbocycles. The fraction of sp³-hybridized carbons (Fsp3) is 0.407. The van der Waals surface area contributed by atoms with Crippen LogP contribution in [0.1, 0.15) is 36.5 Å². The van der Waals surface area contributed by atoms with Crippen LogP contribution in [-0.2, 0) is 14.4 Å². The molecule has 0 fully saturated rings. The van der Waals surface area contributed by atoms with Gasteiger partial charge in [0.2, 0.25) is 17.7 Å². The molecular weight excluding hydrogens is 492 g/mol. The van der Waals surface area contributed by atoms with Gasteiger partial charge in [0.05, 0.1) is 25.8 Å². The zero-order valence-electron chi connectivity index (χ0n) is 21.6. The number of methoxy groups -OCH3 is 1. The highest BCUT2D eigenvalue weighted by Gasteiger charge is 2.25. The lowest BCUT2D eigenvalue weighted by Crippen LogP contribution is -2.49. The number of hydrogen-bond donors (Lipinski definition) is 4. The van der Waals surface area contributed by atoms with Gasteiger partial charge in [0, 0.05) is 13.0 Å². The van der Waals surface area contributed by atoms with Crippen LogP contribution in [0.5, 0.6) is 17.2 Å². The summed E-state index contributed by atoms with van der Waals surface area (Å²) in [6, 6.07) is 12.0. The number of ether oxygens (including phenoxy) is 3. The fourth-order valence-electron chi connectivity index (χ4n) is 3.70. The third-order valence-corrected chi connectivity index (χ3v) is 5.79. The molecule has 2 aromatic rings. The lowest BCUT2D eigenvalue weighted by atomic mass is 10.1. The van der Waals surface area contributed by atoms with E-state index in [0.717, 1.165) is 0 Å². The average molecular weight is 527 g/mol. The molecule has 11 nitrogen and oxygen atoms in total. The van der Waals surface area contributed by atoms with E-state index in [1.807, 2.05) is 0 Å². The van der Waals surface area contributed by atoms with Gasteiger partial charge in [0.15, 0.2) is 0 Å². The molecule has 1 heterocycles. The van der Waals surface area contributed by atoms with Gasteiger partial charge in [-0.25, -0.2) is 0 Å². The first-order valence-electron chi connectivity index (χ1n) is 12.5. The predicted molar refractivity (Wildman–Crippen MR) is 139 cm³/mol. The number of carbonyl (C=O) groups is 4. The number of para-hydroxylation sites is 1. The van der Waals surface area contributed by atoms with Gasteiger partial charge >= 0.3 is 0 Å². The Labute approximate surface area is 221 Å². The minimum absolute atomic E-state index is 0.0279. The van der Waals surface area contributed by atoms with Gasteiger partial charge < -0.3 is 35.5 Å². The highest BCUT2D eigenvalue weighted by atomic mass is 16.5. The molecule has 3 rings (SSSR count). The predicted octanol–water partition coefficient (Wildman–Crippen LogP) is 1.17. The summed E-state index contributed by atoms with van der Waals surface area (Å²) >= 11 is 0. The summed E-state index contributed by atoms with van der Waals surface area (Å²) in [5, 5.41) is 10.8. The van der Waals surface area contributed by atoms with Gasteiger partial charge in [-0.05, 0) is 56.2 Å². The van der Waals surface area contributed by atoms with Crippen LogP contribution < -0.4 is 35.5 Å². The summed E-state index contributed by atoms with van der Waals surface area (Å²) in [6.45, 7) is 2.59. The second kappa shape index (κ2) is 14.5. The van der Waals surface area contributed by atoms with E-state index >= 15 is 0 Å². The van der Waals surface area contributed by atoms with E-state index in [-0.39, 0.29) is 44.1 Å². The molecule has 2 atom stereocenters. The summed E-state index contributed by atoms with van der Waals surface area (Å²) in [5.41, 5.74) is 0.266. The van der Waals surface area contributed by atoms with Crippen molar-refractivity contribution in [1.82, 2.24) is 21.3 Å². The minimum atomic E-state index is -1.00. The molecule has 1 aliphatic rings. The third kappa shape index (κ3) is 8.68. The van der Waals surface area contributed by atoms with Crippen molar-refractivity contribution in [2.24, 2.45) is 0 Å². The second-order valence-corrected chi connectivity index (χ2v) is 8.66. The molecule has 38 heavy (non-hydrogen) atoms. The first kappa shape index (κ1) is 28.3. The molecule has 0 aromatic heterocycles. The van der Waals surface area contributed by atoms with Gasteiger partial charge in [-0.1, -0.05) is 12.1 Å². The summed E-state index contributed by atoms with van der Waals surface area (Å²) in [5.74, 6) is 0.00127. The van der Waals surface area contributed by atoms with Crippen molar-refractivity contribution in [1.29, 1.82) is 0 Å². The van der Waals surface area contributed by atoms with Crippen LogP contribution in [0.4, 0.5) is 0 Å². The first-order valence-corrected chi connectivity index (χ1v) is 12.5. The summed E-state index contributed by atoms with van der Waals surface area (Å²) in [6.07, 6.45) is 0.461. The molecule has 0 saturated heterocycles. The Morgan fingerprint density at radius 1 is 1.05 bits per heavy atom. The van der Waals surface area contributed by atoms with Crippen LogP contribution in [0.2, 0.25) is 0 Å². The summed E-state index contributed by atoms with van der Waals surface area (Å²) in [7, 11) is 1.57. The zero-order chi connectivity index (χ0) is 27.3. The Kier molecular flexibility index (Phi) is 10.8. The van der Waals surface area contributed by atoms with Crippen molar-refractivity contribution in [2.75, 3.05) is 33.4 Å². The van der Waals surface area contributed by atoms with E-state index in [0.29, 0.717) is 30.2 Å². The van der Waals surface area contributed by atoms with Crippen LogP contribution in [0.25, 0.3) is 0 Å². The normalized spacial score (nSPS) is 19.1. The Bertz CT molecular complexity index is 1110. The summed E-state index contributed by atoms with van der Waals surface area (Å²) in [4.78, 5) is 50.8. The van der Waals surface area contributed by atoms with E-state index in [9.17, 15) is 19.2 Å². The maximum atomic E-state index is 13.1. The van der Waals surface area contributed by atoms with Crippen molar-refractivity contribution < 1.29 is 33.4 Å². The zero-order valence-corrected chi connectivity index (χ0v) is 21.6. The Morgan fingerprint density at radius 3 is 2.55 bits per heavy atom. The lowest BCUT2D eigenvalue weighted by molar-refractivity contribution is -0.129. The molecule has 0 spiro atoms. The van der Waals surface area contributed by atoms with Crippen LogP contribution in [-0.4, -0.2) is 69.1 Å². The number of nitrogens with one attached hydrogen (secondary N) is 4. The molecule has 0 aliphatic carbocycles. The van der Waals surface area contributed by atoms with Gasteiger partial charge in [-0.2, -0.15) is 0 Å². The van der Waals surface area contributed by atoms with Crippen molar-refractivity contribution >= 4 is 23.6 Å². The third-order valence-electron chi connectivity index (χ3n) is 5.79. The van der Waals surface area contributed by atoms with Crippen LogP contribution >= 0.6 is 0 Å². The Hall–Kier alpha value is -4.28. The smallest absolute Gasteiger partial charge is 0.255 e. The topological polar surface area (TPSA) is 144 Å². The Balaban J connectivity index is 1.66. The highest BCUT2D eigenvalue weighted by molar-refractivity contribution is 5.99. The van der Waals surface area contributed by atoms with Crippen LogP contribution in [0.15, 0.2) is 48.5 Å². The molecule has 11 heteroatoms. The van der Waals surface area contributed by atoms with Crippen LogP contribution in [0.3, 0.4) is 0 Å². The van der Waals surface area contributed by atoms with Gasteiger partial charge in [-0.3, -0.25) is 19.2 Å². The maximum absolute atomic E-state index is 13.1. The summed E-state index contributed by atoms with van der Waals surface area (Å²) < 4.78 is 16.5. The van der Waals surface area contributed by atoms with E-state index in [1.54, 1.807) is 62.6 Å². The van der Waals surface area contributed by atoms with Gasteiger partial charge in [-0.15, -0.1) is 0 Å². The molecule has 0 bridgehead atoms. The molecule has 0 unspecified atom stereocenters. The standard InChI is InChI=1S/C27H34N4O7/c1-18-25(33)28-14-5-16-38-23-7-4-3-6-21(23)26(34)31-22(12-13-24(32)30-18)27(35)29-15-17-37-20-10-8-19(36-2)9-11-20/h3-4,6-11,18,22H,5,12-17H2,1-2H3,(H,28,33)(H,29,35)(H,30,32)(H,31,34)/t18-,22-/m0/s1. The molecule has 4 amide bonds. The second-order valence-electron chi connectivity index (χ2n) is 8.66. The Morgan fingerprint density at radius 2 is 1.79 bits per heavy atom. The molecule has 4 N–H and O–H groups in total. The van der Waals surface area contributed by atoms with E-state index in [1.165, 1.54) is 0 Å². The van der Waals surface area contributed by atoms with E-state index in [4.69, 9.17) is 14.2 Å². The van der Waals surface area contributed by atoms with Crippen LogP contribution in [0, 0.1) is 0 Å². The van der Waals surface area contributed by atoms with Gasteiger partial charge in [0.25, 0.3) is 5.91 Å². The molecular formula is C27H34N4O7. The highest BCUT2D eigenvalue weighted by Crippen LogP contribution is 2.19. The molecule has 1 aliphatic heterocycles. The van der Waals surface area contributed by atoms with Crippen molar-refractivity contribution in [3.05, 3.63) is 54.1 Å². The monoisotopic (exact) mass is 526 g/mol. The molecule has 2 aromatic carbocycles. The number of rotatable bonds is 6. The van der Waals surface area contributed by atoms with Crippen molar-refractivity contribution in [2.45, 2.75) is 38.3 Å². The lowest BCUT2D eigenvalue weighted by Gasteiger charge is -2.21. The molecule has 0 radical (unpaired) electrons. The first-order chi connectivity index (χ1) is 18.4. The maximum Gasteiger partial charge on any atom is 0.255 e. The number of amides is 4. The van der Waals surface area contributed by atoms with E-state index in [2.05, 4.69) is 21.3 Å². The minimum Gasteiger partial charge on any atom is -0.497 e. The van der Waals surface area contributed by atoms with Gasteiger partial charge in [0.1, 0.15) is 35.9 Å². The van der Waals surface area contributed by atoms with Crippen molar-refractivity contribution in [3.8, 4) is 17.2 Å². The number of benzene rings is 2. The largest absolute Gasteiger partial charge is 0.497 e. The quantitative estimate of drug-likeness (QED) is 0.414. The number of fused-ring (bicyclic) bond motifs is 1. The fourth-order valence-corrected chi connectivity index (χ4v) is 3.70. The average Bonchev–Trinajstić information content (AvgIpc) is 2.92. The SMILES string of the molecule is COc1ccc(OCCNC(=O)[C@@H]2CCC(=O)N[C@@H](C)C(=O)NCCCOc3ccccc3C(=O)N2)cc1. The number of carbonyl (C=O) groups excluding carboxylic acids is 4. The number of hydrogen-bond acceptors (Lipinski definition) is 7. The van der Waals surface area contributed by atoms with Crippen molar-refractivity contribution in [3.63, 3.8) is 0 Å². The molecule has 204 valence electrons.